The first kappa shape index (κ1) is 20.9. The van der Waals surface area contributed by atoms with Gasteiger partial charge in [0.1, 0.15) is 5.82 Å². The molecule has 1 N–H and O–H groups in total. The number of carbonyl (C=O) groups excluding carboxylic acids is 3. The van der Waals surface area contributed by atoms with Crippen molar-refractivity contribution in [1.29, 1.82) is 0 Å². The van der Waals surface area contributed by atoms with Crippen LogP contribution in [0.2, 0.25) is 0 Å². The third-order valence-corrected chi connectivity index (χ3v) is 4.69. The van der Waals surface area contributed by atoms with Gasteiger partial charge in [0.05, 0.1) is 12.7 Å². The highest BCUT2D eigenvalue weighted by atomic mass is 19.1. The fourth-order valence-electron chi connectivity index (χ4n) is 3.20. The smallest absolute Gasteiger partial charge is 0.337 e. The number of hydrogen-bond donors (Lipinski definition) is 1. The van der Waals surface area contributed by atoms with Crippen LogP contribution in [0.4, 0.5) is 4.39 Å². The lowest BCUT2D eigenvalue weighted by molar-refractivity contribution is 0.0600. The van der Waals surface area contributed by atoms with Crippen molar-refractivity contribution in [2.24, 2.45) is 0 Å². The van der Waals surface area contributed by atoms with Crippen LogP contribution in [-0.2, 0) is 11.2 Å². The molecule has 3 aromatic rings. The number of benzene rings is 3. The molecule has 6 heteroatoms. The van der Waals surface area contributed by atoms with E-state index in [1.807, 2.05) is 6.07 Å². The van der Waals surface area contributed by atoms with Crippen molar-refractivity contribution in [2.75, 3.05) is 13.7 Å². The van der Waals surface area contributed by atoms with Crippen molar-refractivity contribution >= 4 is 18.2 Å². The van der Waals surface area contributed by atoms with E-state index >= 15 is 0 Å². The second-order valence-electron chi connectivity index (χ2n) is 6.56. The Morgan fingerprint density at radius 2 is 1.73 bits per heavy atom. The van der Waals surface area contributed by atoms with Crippen molar-refractivity contribution in [1.82, 2.24) is 5.32 Å². The summed E-state index contributed by atoms with van der Waals surface area (Å²) in [6, 6.07) is 17.9. The molecule has 5 nitrogen and oxygen atoms in total. The van der Waals surface area contributed by atoms with E-state index in [1.54, 1.807) is 48.5 Å². The van der Waals surface area contributed by atoms with E-state index < -0.39 is 11.8 Å². The highest BCUT2D eigenvalue weighted by Crippen LogP contribution is 2.28. The first-order valence-corrected chi connectivity index (χ1v) is 9.33. The van der Waals surface area contributed by atoms with Gasteiger partial charge >= 0.3 is 5.97 Å². The van der Waals surface area contributed by atoms with E-state index in [9.17, 15) is 18.8 Å². The molecule has 0 heterocycles. The Morgan fingerprint density at radius 3 is 2.43 bits per heavy atom. The zero-order valence-corrected chi connectivity index (χ0v) is 16.4. The van der Waals surface area contributed by atoms with Gasteiger partial charge in [0.25, 0.3) is 5.91 Å². The minimum absolute atomic E-state index is 0.238. The van der Waals surface area contributed by atoms with Crippen LogP contribution in [0.5, 0.6) is 0 Å². The quantitative estimate of drug-likeness (QED) is 0.475. The van der Waals surface area contributed by atoms with Gasteiger partial charge in [-0.2, -0.15) is 0 Å². The summed E-state index contributed by atoms with van der Waals surface area (Å²) in [5, 5.41) is 2.76. The summed E-state index contributed by atoms with van der Waals surface area (Å²) >= 11 is 0. The van der Waals surface area contributed by atoms with Crippen molar-refractivity contribution < 1.29 is 23.5 Å². The Labute approximate surface area is 173 Å². The molecule has 0 fully saturated rings. The fourth-order valence-corrected chi connectivity index (χ4v) is 3.20. The van der Waals surface area contributed by atoms with Gasteiger partial charge < -0.3 is 10.1 Å². The van der Waals surface area contributed by atoms with Crippen LogP contribution in [-0.4, -0.2) is 31.8 Å². The lowest BCUT2D eigenvalue weighted by atomic mass is 9.94. The first-order chi connectivity index (χ1) is 14.5. The van der Waals surface area contributed by atoms with E-state index in [4.69, 9.17) is 0 Å². The van der Waals surface area contributed by atoms with Crippen molar-refractivity contribution in [2.45, 2.75) is 6.42 Å². The van der Waals surface area contributed by atoms with E-state index in [1.165, 1.54) is 19.2 Å². The molecule has 0 radical (unpaired) electrons. The van der Waals surface area contributed by atoms with E-state index in [-0.39, 0.29) is 29.1 Å². The molecule has 0 aliphatic carbocycles. The number of carbonyl (C=O) groups is 3. The average Bonchev–Trinajstić information content (AvgIpc) is 2.79. The molecule has 0 atom stereocenters. The lowest BCUT2D eigenvalue weighted by Gasteiger charge is -2.13. The maximum atomic E-state index is 14.4. The molecular weight excluding hydrogens is 385 g/mol. The highest BCUT2D eigenvalue weighted by molar-refractivity contribution is 5.98. The number of nitrogens with one attached hydrogen (secondary N) is 1. The van der Waals surface area contributed by atoms with Crippen LogP contribution in [0.1, 0.15) is 36.6 Å². The molecule has 30 heavy (non-hydrogen) atoms. The zero-order valence-electron chi connectivity index (χ0n) is 16.4. The van der Waals surface area contributed by atoms with Gasteiger partial charge in [0, 0.05) is 23.2 Å². The largest absolute Gasteiger partial charge is 0.465 e. The molecule has 3 rings (SSSR count). The van der Waals surface area contributed by atoms with Crippen LogP contribution < -0.4 is 5.32 Å². The standard InChI is InChI=1S/C24H20FNO4/c1-30-24(29)19-9-5-8-18(14-19)23(28)26-13-12-16-10-11-21(25)22(20(16)15-27)17-6-3-2-4-7-17/h2-11,14-15H,12-13H2,1H3,(H,26,28). The molecule has 3 aromatic carbocycles. The number of hydrogen-bond acceptors (Lipinski definition) is 4. The van der Waals surface area contributed by atoms with Gasteiger partial charge in [0.15, 0.2) is 6.29 Å². The number of rotatable bonds is 7. The molecule has 1 amide bonds. The monoisotopic (exact) mass is 405 g/mol. The minimum Gasteiger partial charge on any atom is -0.465 e. The van der Waals surface area contributed by atoms with Crippen molar-refractivity contribution in [3.63, 3.8) is 0 Å². The Bertz CT molecular complexity index is 1080. The second-order valence-corrected chi connectivity index (χ2v) is 6.56. The molecule has 0 saturated heterocycles. The van der Waals surface area contributed by atoms with Gasteiger partial charge in [-0.25, -0.2) is 9.18 Å². The van der Waals surface area contributed by atoms with E-state index in [0.29, 0.717) is 29.4 Å². The Hall–Kier alpha value is -3.80. The topological polar surface area (TPSA) is 72.5 Å². The first-order valence-electron chi connectivity index (χ1n) is 9.33. The Kier molecular flexibility index (Phi) is 6.70. The summed E-state index contributed by atoms with van der Waals surface area (Å²) in [5.74, 6) is -1.37. The molecule has 0 unspecified atom stereocenters. The molecule has 152 valence electrons. The Balaban J connectivity index is 1.75. The summed E-state index contributed by atoms with van der Waals surface area (Å²) in [6.45, 7) is 0.238. The predicted molar refractivity (Wildman–Crippen MR) is 111 cm³/mol. The molecule has 0 saturated carbocycles. The number of aldehydes is 1. The van der Waals surface area contributed by atoms with Crippen LogP contribution in [0.15, 0.2) is 66.7 Å². The molecule has 0 aromatic heterocycles. The molecule has 0 spiro atoms. The zero-order chi connectivity index (χ0) is 21.5. The third-order valence-electron chi connectivity index (χ3n) is 4.69. The van der Waals surface area contributed by atoms with Crippen molar-refractivity contribution in [3.8, 4) is 11.1 Å². The number of amides is 1. The molecule has 0 aliphatic heterocycles. The third kappa shape index (κ3) is 4.60. The summed E-state index contributed by atoms with van der Waals surface area (Å²) in [4.78, 5) is 35.7. The summed E-state index contributed by atoms with van der Waals surface area (Å²) in [7, 11) is 1.27. The molecular formula is C24H20FNO4. The normalized spacial score (nSPS) is 10.3. The van der Waals surface area contributed by atoms with Gasteiger partial charge in [-0.15, -0.1) is 0 Å². The maximum Gasteiger partial charge on any atom is 0.337 e. The van der Waals surface area contributed by atoms with E-state index in [0.717, 1.165) is 0 Å². The second kappa shape index (κ2) is 9.60. The fraction of sp³-hybridized carbons (Fsp3) is 0.125. The van der Waals surface area contributed by atoms with Crippen molar-refractivity contribution in [3.05, 3.63) is 94.8 Å². The van der Waals surface area contributed by atoms with E-state index in [2.05, 4.69) is 10.1 Å². The van der Waals surface area contributed by atoms with Crippen LogP contribution in [0.3, 0.4) is 0 Å². The van der Waals surface area contributed by atoms with Gasteiger partial charge in [-0.3, -0.25) is 9.59 Å². The number of halogens is 1. The van der Waals surface area contributed by atoms with Gasteiger partial charge in [-0.1, -0.05) is 42.5 Å². The lowest BCUT2D eigenvalue weighted by Crippen LogP contribution is -2.26. The summed E-state index contributed by atoms with van der Waals surface area (Å²) < 4.78 is 19.1. The number of methoxy groups -OCH3 is 1. The summed E-state index contributed by atoms with van der Waals surface area (Å²) in [5.41, 5.74) is 2.36. The van der Waals surface area contributed by atoms with Crippen LogP contribution >= 0.6 is 0 Å². The summed E-state index contributed by atoms with van der Waals surface area (Å²) in [6.07, 6.45) is 0.985. The average molecular weight is 405 g/mol. The minimum atomic E-state index is -0.528. The maximum absolute atomic E-state index is 14.4. The molecule has 0 aliphatic rings. The van der Waals surface area contributed by atoms with Crippen LogP contribution in [0, 0.1) is 5.82 Å². The SMILES string of the molecule is COC(=O)c1cccc(C(=O)NCCc2ccc(F)c(-c3ccccc3)c2C=O)c1. The Morgan fingerprint density at radius 1 is 1.00 bits per heavy atom. The number of esters is 1. The van der Waals surface area contributed by atoms with Gasteiger partial charge in [-0.05, 0) is 41.8 Å². The molecule has 0 bridgehead atoms. The predicted octanol–water partition coefficient (Wildman–Crippen LogP) is 4.06. The highest BCUT2D eigenvalue weighted by Gasteiger charge is 2.15. The van der Waals surface area contributed by atoms with Crippen LogP contribution in [0.25, 0.3) is 11.1 Å². The number of ether oxygens (including phenoxy) is 1. The van der Waals surface area contributed by atoms with Gasteiger partial charge in [0.2, 0.25) is 0 Å².